The van der Waals surface area contributed by atoms with E-state index in [1.807, 2.05) is 41.8 Å². The molecule has 3 aromatic rings. The van der Waals surface area contributed by atoms with Gasteiger partial charge in [0.2, 0.25) is 5.82 Å². The fourth-order valence-corrected chi connectivity index (χ4v) is 4.80. The monoisotopic (exact) mass is 346 g/mol. The van der Waals surface area contributed by atoms with Crippen molar-refractivity contribution in [3.63, 3.8) is 0 Å². The zero-order chi connectivity index (χ0) is 16.1. The third-order valence-electron chi connectivity index (χ3n) is 4.24. The molecule has 0 bridgehead atoms. The fourth-order valence-electron chi connectivity index (χ4n) is 2.75. The molecular formula is C16H14N2O3S2. The lowest BCUT2D eigenvalue weighted by molar-refractivity contribution is 0.433. The number of benzene rings is 1. The number of rotatable bonds is 4. The highest BCUT2D eigenvalue weighted by Gasteiger charge is 2.53. The lowest BCUT2D eigenvalue weighted by Crippen LogP contribution is -2.19. The van der Waals surface area contributed by atoms with Crippen LogP contribution < -0.4 is 0 Å². The van der Waals surface area contributed by atoms with Crippen molar-refractivity contribution in [3.8, 4) is 22.2 Å². The summed E-state index contributed by atoms with van der Waals surface area (Å²) in [5.41, 5.74) is 1.65. The number of aromatic nitrogens is 2. The molecule has 0 amide bonds. The summed E-state index contributed by atoms with van der Waals surface area (Å²) >= 11 is 1.54. The van der Waals surface area contributed by atoms with Gasteiger partial charge in [-0.1, -0.05) is 35.5 Å². The van der Waals surface area contributed by atoms with Gasteiger partial charge in [0, 0.05) is 11.8 Å². The Morgan fingerprint density at radius 2 is 1.91 bits per heavy atom. The second-order valence-electron chi connectivity index (χ2n) is 5.74. The number of hydrogen-bond acceptors (Lipinski definition) is 6. The number of sulfone groups is 1. The van der Waals surface area contributed by atoms with Gasteiger partial charge in [0.15, 0.2) is 9.84 Å². The molecule has 23 heavy (non-hydrogen) atoms. The van der Waals surface area contributed by atoms with E-state index in [1.165, 1.54) is 17.6 Å². The zero-order valence-electron chi connectivity index (χ0n) is 12.4. The second kappa shape index (κ2) is 5.01. The second-order valence-corrected chi connectivity index (χ2v) is 9.02. The van der Waals surface area contributed by atoms with Crippen molar-refractivity contribution in [2.75, 3.05) is 6.26 Å². The number of thiophene rings is 1. The highest BCUT2D eigenvalue weighted by Crippen LogP contribution is 2.52. The van der Waals surface area contributed by atoms with Crippen molar-refractivity contribution in [2.24, 2.45) is 0 Å². The van der Waals surface area contributed by atoms with Gasteiger partial charge >= 0.3 is 0 Å². The van der Waals surface area contributed by atoms with E-state index in [0.29, 0.717) is 24.6 Å². The van der Waals surface area contributed by atoms with Gasteiger partial charge in [-0.2, -0.15) is 4.98 Å². The standard InChI is InChI=1S/C16H14N2O3S2/c1-23(19,20)16(8-9-16)12-6-4-11(5-7-12)14-17-15(21-18-14)13-3-2-10-22-13/h2-7,10H,8-9H2,1H3. The van der Waals surface area contributed by atoms with Crippen LogP contribution in [0, 0.1) is 0 Å². The molecule has 0 unspecified atom stereocenters. The lowest BCUT2D eigenvalue weighted by atomic mass is 10.1. The Kier molecular flexibility index (Phi) is 3.18. The highest BCUT2D eigenvalue weighted by atomic mass is 32.2. The van der Waals surface area contributed by atoms with E-state index >= 15 is 0 Å². The van der Waals surface area contributed by atoms with Crippen molar-refractivity contribution in [3.05, 3.63) is 47.3 Å². The maximum atomic E-state index is 12.0. The minimum Gasteiger partial charge on any atom is -0.333 e. The topological polar surface area (TPSA) is 73.1 Å². The molecule has 0 aliphatic heterocycles. The third kappa shape index (κ3) is 2.40. The number of hydrogen-bond donors (Lipinski definition) is 0. The SMILES string of the molecule is CS(=O)(=O)C1(c2ccc(-c3noc(-c4cccs4)n3)cc2)CC1. The first-order chi connectivity index (χ1) is 11.0. The highest BCUT2D eigenvalue weighted by molar-refractivity contribution is 7.92. The predicted octanol–water partition coefficient (Wildman–Crippen LogP) is 3.50. The van der Waals surface area contributed by atoms with Gasteiger partial charge in [-0.25, -0.2) is 8.42 Å². The molecule has 2 heterocycles. The molecule has 2 aromatic heterocycles. The molecule has 1 aliphatic carbocycles. The molecule has 4 rings (SSSR count). The molecule has 0 atom stereocenters. The Morgan fingerprint density at radius 3 is 2.48 bits per heavy atom. The average molecular weight is 346 g/mol. The first-order valence-corrected chi connectivity index (χ1v) is 9.95. The number of nitrogens with zero attached hydrogens (tertiary/aromatic N) is 2. The van der Waals surface area contributed by atoms with Gasteiger partial charge in [-0.05, 0) is 29.9 Å². The summed E-state index contributed by atoms with van der Waals surface area (Å²) in [5.74, 6) is 0.998. The summed E-state index contributed by atoms with van der Waals surface area (Å²) < 4.78 is 28.5. The van der Waals surface area contributed by atoms with E-state index in [2.05, 4.69) is 10.1 Å². The van der Waals surface area contributed by atoms with Crippen molar-refractivity contribution in [1.29, 1.82) is 0 Å². The van der Waals surface area contributed by atoms with Gasteiger partial charge < -0.3 is 4.52 Å². The Hall–Kier alpha value is -1.99. The van der Waals surface area contributed by atoms with Crippen LogP contribution in [-0.4, -0.2) is 24.8 Å². The molecule has 0 radical (unpaired) electrons. The summed E-state index contributed by atoms with van der Waals surface area (Å²) in [7, 11) is -3.10. The molecule has 1 aromatic carbocycles. The Morgan fingerprint density at radius 1 is 1.17 bits per heavy atom. The molecule has 0 spiro atoms. The Bertz CT molecular complexity index is 938. The van der Waals surface area contributed by atoms with Gasteiger partial charge in [0.25, 0.3) is 5.89 Å². The van der Waals surface area contributed by atoms with E-state index in [4.69, 9.17) is 4.52 Å². The molecular weight excluding hydrogens is 332 g/mol. The molecule has 7 heteroatoms. The Labute approximate surface area is 137 Å². The van der Waals surface area contributed by atoms with Gasteiger partial charge in [-0.15, -0.1) is 11.3 Å². The van der Waals surface area contributed by atoms with Crippen LogP contribution in [0.2, 0.25) is 0 Å². The summed E-state index contributed by atoms with van der Waals surface area (Å²) in [6.07, 6.45) is 2.69. The minimum absolute atomic E-state index is 0.494. The van der Waals surface area contributed by atoms with Crippen molar-refractivity contribution < 1.29 is 12.9 Å². The molecule has 5 nitrogen and oxygen atoms in total. The van der Waals surface area contributed by atoms with Gasteiger partial charge in [0.05, 0.1) is 9.62 Å². The molecule has 0 N–H and O–H groups in total. The molecule has 1 saturated carbocycles. The predicted molar refractivity (Wildman–Crippen MR) is 88.8 cm³/mol. The maximum Gasteiger partial charge on any atom is 0.268 e. The first-order valence-electron chi connectivity index (χ1n) is 7.18. The van der Waals surface area contributed by atoms with Crippen LogP contribution in [0.15, 0.2) is 46.3 Å². The Balaban J connectivity index is 1.65. The van der Waals surface area contributed by atoms with Gasteiger partial charge in [-0.3, -0.25) is 0 Å². The minimum atomic E-state index is -3.10. The quantitative estimate of drug-likeness (QED) is 0.723. The molecule has 118 valence electrons. The van der Waals surface area contributed by atoms with E-state index in [0.717, 1.165) is 16.0 Å². The zero-order valence-corrected chi connectivity index (χ0v) is 14.0. The van der Waals surface area contributed by atoms with Crippen molar-refractivity contribution in [1.82, 2.24) is 10.1 Å². The maximum absolute atomic E-state index is 12.0. The third-order valence-corrected chi connectivity index (χ3v) is 7.16. The van der Waals surface area contributed by atoms with Crippen LogP contribution in [0.25, 0.3) is 22.2 Å². The summed E-state index contributed by atoms with van der Waals surface area (Å²) in [6.45, 7) is 0. The summed E-state index contributed by atoms with van der Waals surface area (Å²) in [5, 5.41) is 5.95. The largest absolute Gasteiger partial charge is 0.333 e. The molecule has 1 aliphatic rings. The molecule has 0 saturated heterocycles. The summed E-state index contributed by atoms with van der Waals surface area (Å²) in [6, 6.07) is 11.3. The first kappa shape index (κ1) is 14.6. The van der Waals surface area contributed by atoms with Crippen LogP contribution in [0.5, 0.6) is 0 Å². The van der Waals surface area contributed by atoms with Crippen molar-refractivity contribution >= 4 is 21.2 Å². The van der Waals surface area contributed by atoms with E-state index in [-0.39, 0.29) is 0 Å². The van der Waals surface area contributed by atoms with Crippen LogP contribution in [0.4, 0.5) is 0 Å². The normalized spacial score (nSPS) is 16.4. The van der Waals surface area contributed by atoms with E-state index in [9.17, 15) is 8.42 Å². The van der Waals surface area contributed by atoms with Crippen LogP contribution in [0.1, 0.15) is 18.4 Å². The van der Waals surface area contributed by atoms with Crippen LogP contribution in [0.3, 0.4) is 0 Å². The fraction of sp³-hybridized carbons (Fsp3) is 0.250. The van der Waals surface area contributed by atoms with Crippen LogP contribution in [-0.2, 0) is 14.6 Å². The summed E-state index contributed by atoms with van der Waals surface area (Å²) in [4.78, 5) is 5.32. The average Bonchev–Trinajstić information content (AvgIpc) is 2.98. The van der Waals surface area contributed by atoms with Crippen molar-refractivity contribution in [2.45, 2.75) is 17.6 Å². The van der Waals surface area contributed by atoms with Gasteiger partial charge in [0.1, 0.15) is 0 Å². The molecule has 1 fully saturated rings. The lowest BCUT2D eigenvalue weighted by Gasteiger charge is -2.13. The van der Waals surface area contributed by atoms with Crippen LogP contribution >= 0.6 is 11.3 Å². The van der Waals surface area contributed by atoms with E-state index < -0.39 is 14.6 Å². The smallest absolute Gasteiger partial charge is 0.268 e. The van der Waals surface area contributed by atoms with E-state index in [1.54, 1.807) is 0 Å².